The summed E-state index contributed by atoms with van der Waals surface area (Å²) in [7, 11) is 0. The van der Waals surface area contributed by atoms with Crippen molar-refractivity contribution in [2.45, 2.75) is 30.9 Å². The maximum atomic E-state index is 13.1. The Morgan fingerprint density at radius 3 is 2.27 bits per heavy atom. The maximum absolute atomic E-state index is 13.1. The van der Waals surface area contributed by atoms with Gasteiger partial charge < -0.3 is 15.7 Å². The van der Waals surface area contributed by atoms with Crippen LogP contribution in [-0.2, 0) is 23.2 Å². The van der Waals surface area contributed by atoms with Gasteiger partial charge in [-0.15, -0.1) is 12.4 Å². The molecule has 0 bridgehead atoms. The van der Waals surface area contributed by atoms with Crippen LogP contribution in [0.25, 0.3) is 0 Å². The highest BCUT2D eigenvalue weighted by Gasteiger charge is 2.44. The van der Waals surface area contributed by atoms with Crippen LogP contribution in [0.15, 0.2) is 54.6 Å². The lowest BCUT2D eigenvalue weighted by Crippen LogP contribution is -2.62. The third kappa shape index (κ3) is 3.37. The van der Waals surface area contributed by atoms with E-state index in [1.807, 2.05) is 42.5 Å². The Hall–Kier alpha value is -1.88. The second-order valence-electron chi connectivity index (χ2n) is 7.17. The Morgan fingerprint density at radius 1 is 1.04 bits per heavy atom. The zero-order chi connectivity index (χ0) is 17.3. The molecule has 1 aliphatic heterocycles. The van der Waals surface area contributed by atoms with Crippen LogP contribution in [0.3, 0.4) is 0 Å². The molecule has 3 N–H and O–H groups in total. The molecule has 5 heteroatoms. The summed E-state index contributed by atoms with van der Waals surface area (Å²) in [4.78, 5) is 13.1. The molecule has 0 aromatic heterocycles. The van der Waals surface area contributed by atoms with Gasteiger partial charge in [-0.05, 0) is 42.5 Å². The molecule has 1 fully saturated rings. The van der Waals surface area contributed by atoms with Crippen molar-refractivity contribution in [3.63, 3.8) is 0 Å². The van der Waals surface area contributed by atoms with Crippen molar-refractivity contribution in [2.75, 3.05) is 13.1 Å². The smallest absolute Gasteiger partial charge is 0.224 e. The molecule has 0 radical (unpaired) electrons. The number of hydrogen-bond donors (Lipinski definition) is 3. The van der Waals surface area contributed by atoms with E-state index >= 15 is 0 Å². The quantitative estimate of drug-likeness (QED) is 0.774. The Labute approximate surface area is 160 Å². The largest absolute Gasteiger partial charge is 0.389 e. The number of rotatable bonds is 3. The molecule has 0 unspecified atom stereocenters. The predicted molar refractivity (Wildman–Crippen MR) is 104 cm³/mol. The number of halogens is 1. The van der Waals surface area contributed by atoms with Crippen LogP contribution in [-0.4, -0.2) is 30.2 Å². The van der Waals surface area contributed by atoms with Crippen molar-refractivity contribution in [1.82, 2.24) is 10.6 Å². The monoisotopic (exact) mass is 372 g/mol. The maximum Gasteiger partial charge on any atom is 0.224 e. The molecule has 1 amide bonds. The first kappa shape index (κ1) is 18.9. The van der Waals surface area contributed by atoms with Crippen molar-refractivity contribution in [2.24, 2.45) is 5.92 Å². The Bertz CT molecular complexity index is 743. The first-order chi connectivity index (χ1) is 12.2. The van der Waals surface area contributed by atoms with Gasteiger partial charge in [0.15, 0.2) is 0 Å². The molecule has 0 saturated carbocycles. The van der Waals surface area contributed by atoms with Crippen LogP contribution < -0.4 is 10.6 Å². The topological polar surface area (TPSA) is 61.4 Å². The highest BCUT2D eigenvalue weighted by molar-refractivity contribution is 5.85. The van der Waals surface area contributed by atoms with Crippen molar-refractivity contribution < 1.29 is 9.90 Å². The van der Waals surface area contributed by atoms with Gasteiger partial charge in [-0.3, -0.25) is 4.79 Å². The summed E-state index contributed by atoms with van der Waals surface area (Å²) < 4.78 is 0. The second-order valence-corrected chi connectivity index (χ2v) is 7.17. The number of nitrogens with one attached hydrogen (secondary N) is 2. The minimum atomic E-state index is -0.710. The minimum Gasteiger partial charge on any atom is -0.389 e. The van der Waals surface area contributed by atoms with E-state index in [4.69, 9.17) is 0 Å². The lowest BCUT2D eigenvalue weighted by atomic mass is 9.78. The molecule has 2 aromatic rings. The summed E-state index contributed by atoms with van der Waals surface area (Å²) in [5, 5.41) is 17.2. The van der Waals surface area contributed by atoms with E-state index in [1.54, 1.807) is 0 Å². The number of aliphatic hydroxyl groups is 1. The Kier molecular flexibility index (Phi) is 5.66. The van der Waals surface area contributed by atoms with Crippen LogP contribution in [0, 0.1) is 5.92 Å². The first-order valence-corrected chi connectivity index (χ1v) is 9.02. The predicted octanol–water partition coefficient (Wildman–Crippen LogP) is 2.19. The van der Waals surface area contributed by atoms with Crippen LogP contribution in [0.1, 0.15) is 23.1 Å². The molecule has 2 aromatic carbocycles. The van der Waals surface area contributed by atoms with Crippen LogP contribution >= 0.6 is 12.4 Å². The standard InChI is InChI=1S/C21H24N2O2.ClH/c24-19-14-22-11-10-21(19,18-8-2-1-3-9-18)23-20(25)17-12-15-6-4-5-7-16(15)13-17;/h1-9,17,19,22,24H,10-14H2,(H,23,25);1H/t19-,21+;/m1./s1. The van der Waals surface area contributed by atoms with E-state index in [1.165, 1.54) is 11.1 Å². The summed E-state index contributed by atoms with van der Waals surface area (Å²) >= 11 is 0. The van der Waals surface area contributed by atoms with Crippen molar-refractivity contribution >= 4 is 18.3 Å². The van der Waals surface area contributed by atoms with E-state index in [0.717, 1.165) is 24.9 Å². The van der Waals surface area contributed by atoms with Gasteiger partial charge in [0.2, 0.25) is 5.91 Å². The number of amides is 1. The summed E-state index contributed by atoms with van der Waals surface area (Å²) in [5.41, 5.74) is 2.80. The van der Waals surface area contributed by atoms with Crippen LogP contribution in [0.4, 0.5) is 0 Å². The summed E-state index contributed by atoms with van der Waals surface area (Å²) in [6.07, 6.45) is 1.60. The first-order valence-electron chi connectivity index (χ1n) is 9.02. The van der Waals surface area contributed by atoms with E-state index in [2.05, 4.69) is 22.8 Å². The van der Waals surface area contributed by atoms with Crippen LogP contribution in [0.2, 0.25) is 0 Å². The SMILES string of the molecule is Cl.O=C(N[C@]1(c2ccccc2)CCNC[C@H]1O)C1Cc2ccccc2C1. The van der Waals surface area contributed by atoms with Crippen molar-refractivity contribution in [1.29, 1.82) is 0 Å². The highest BCUT2D eigenvalue weighted by atomic mass is 35.5. The van der Waals surface area contributed by atoms with Gasteiger partial charge in [0.05, 0.1) is 11.6 Å². The van der Waals surface area contributed by atoms with Gasteiger partial charge in [0, 0.05) is 12.5 Å². The highest BCUT2D eigenvalue weighted by Crippen LogP contribution is 2.33. The summed E-state index contributed by atoms with van der Waals surface area (Å²) in [6.45, 7) is 1.26. The Morgan fingerprint density at radius 2 is 1.65 bits per heavy atom. The van der Waals surface area contributed by atoms with Gasteiger partial charge in [-0.2, -0.15) is 0 Å². The molecular weight excluding hydrogens is 348 g/mol. The zero-order valence-electron chi connectivity index (χ0n) is 14.7. The number of β-amino-alcohol motifs (C(OH)–C–C–N with tert-alkyl or cyclic N) is 1. The number of benzene rings is 2. The normalized spacial score (nSPS) is 25.2. The van der Waals surface area contributed by atoms with Crippen LogP contribution in [0.5, 0.6) is 0 Å². The zero-order valence-corrected chi connectivity index (χ0v) is 15.5. The molecule has 138 valence electrons. The average Bonchev–Trinajstić information content (AvgIpc) is 3.09. The lowest BCUT2D eigenvalue weighted by Gasteiger charge is -2.43. The molecule has 1 aliphatic carbocycles. The van der Waals surface area contributed by atoms with Gasteiger partial charge >= 0.3 is 0 Å². The summed E-state index contributed by atoms with van der Waals surface area (Å²) in [6, 6.07) is 18.1. The fourth-order valence-electron chi connectivity index (χ4n) is 4.22. The molecule has 4 rings (SSSR count). The molecule has 1 saturated heterocycles. The van der Waals surface area contributed by atoms with Gasteiger partial charge in [-0.25, -0.2) is 0 Å². The number of carbonyl (C=O) groups is 1. The lowest BCUT2D eigenvalue weighted by molar-refractivity contribution is -0.129. The number of carbonyl (C=O) groups excluding carboxylic acids is 1. The third-order valence-corrected chi connectivity index (χ3v) is 5.66. The van der Waals surface area contributed by atoms with E-state index in [-0.39, 0.29) is 24.2 Å². The van der Waals surface area contributed by atoms with Gasteiger partial charge in [-0.1, -0.05) is 54.6 Å². The third-order valence-electron chi connectivity index (χ3n) is 5.66. The second kappa shape index (κ2) is 7.78. The molecule has 2 aliphatic rings. The average molecular weight is 373 g/mol. The minimum absolute atomic E-state index is 0. The number of piperidine rings is 1. The number of hydrogen-bond acceptors (Lipinski definition) is 3. The molecular formula is C21H25ClN2O2. The molecule has 0 spiro atoms. The molecule has 26 heavy (non-hydrogen) atoms. The number of fused-ring (bicyclic) bond motifs is 1. The van der Waals surface area contributed by atoms with E-state index < -0.39 is 11.6 Å². The van der Waals surface area contributed by atoms with Crippen molar-refractivity contribution in [3.05, 3.63) is 71.3 Å². The van der Waals surface area contributed by atoms with Crippen molar-refractivity contribution in [3.8, 4) is 0 Å². The fraction of sp³-hybridized carbons (Fsp3) is 0.381. The molecule has 1 heterocycles. The number of aliphatic hydroxyl groups excluding tert-OH is 1. The van der Waals surface area contributed by atoms with E-state index in [0.29, 0.717) is 13.0 Å². The molecule has 4 nitrogen and oxygen atoms in total. The summed E-state index contributed by atoms with van der Waals surface area (Å²) in [5.74, 6) is -0.0129. The van der Waals surface area contributed by atoms with Gasteiger partial charge in [0.1, 0.15) is 0 Å². The van der Waals surface area contributed by atoms with E-state index in [9.17, 15) is 9.90 Å². The Balaban J connectivity index is 0.00000196. The fourth-order valence-corrected chi connectivity index (χ4v) is 4.22. The molecule has 2 atom stereocenters. The van der Waals surface area contributed by atoms with Gasteiger partial charge in [0.25, 0.3) is 0 Å².